The standard InChI is InChI=1S/C14H12F2N2O4/c15-9-2-1-3-10(16)12(9)13(20)17-5-4-8(6-17)18-11(19)7-22-14(18)21/h1-3,8H,4-7H2. The van der Waals surface area contributed by atoms with Crippen molar-refractivity contribution >= 4 is 17.9 Å². The minimum absolute atomic E-state index is 0.0352. The van der Waals surface area contributed by atoms with Crippen molar-refractivity contribution in [1.82, 2.24) is 9.80 Å². The molecule has 116 valence electrons. The van der Waals surface area contributed by atoms with Crippen LogP contribution in [0.15, 0.2) is 18.2 Å². The van der Waals surface area contributed by atoms with Gasteiger partial charge >= 0.3 is 6.09 Å². The summed E-state index contributed by atoms with van der Waals surface area (Å²) in [7, 11) is 0. The molecule has 0 spiro atoms. The SMILES string of the molecule is O=C(c1c(F)cccc1F)N1CCC(N2C(=O)COC2=O)C1. The maximum absolute atomic E-state index is 13.7. The molecule has 1 unspecified atom stereocenters. The van der Waals surface area contributed by atoms with Crippen molar-refractivity contribution in [2.24, 2.45) is 0 Å². The Morgan fingerprint density at radius 3 is 2.50 bits per heavy atom. The lowest BCUT2D eigenvalue weighted by atomic mass is 10.1. The molecule has 2 heterocycles. The smallest absolute Gasteiger partial charge is 0.417 e. The van der Waals surface area contributed by atoms with Crippen LogP contribution in [0.3, 0.4) is 0 Å². The number of amides is 3. The summed E-state index contributed by atoms with van der Waals surface area (Å²) in [6.07, 6.45) is -0.399. The highest BCUT2D eigenvalue weighted by Crippen LogP contribution is 2.23. The lowest BCUT2D eigenvalue weighted by molar-refractivity contribution is -0.127. The molecule has 2 aliphatic rings. The molecule has 2 fully saturated rings. The second-order valence-corrected chi connectivity index (χ2v) is 5.11. The van der Waals surface area contributed by atoms with Crippen molar-refractivity contribution in [1.29, 1.82) is 0 Å². The van der Waals surface area contributed by atoms with E-state index < -0.39 is 41.1 Å². The van der Waals surface area contributed by atoms with Crippen LogP contribution in [0.4, 0.5) is 13.6 Å². The van der Waals surface area contributed by atoms with Crippen LogP contribution >= 0.6 is 0 Å². The molecule has 3 amide bonds. The van der Waals surface area contributed by atoms with Gasteiger partial charge in [0.1, 0.15) is 17.2 Å². The summed E-state index contributed by atoms with van der Waals surface area (Å²) in [5.74, 6) is -3.14. The zero-order chi connectivity index (χ0) is 15.9. The summed E-state index contributed by atoms with van der Waals surface area (Å²) < 4.78 is 31.9. The number of carbonyl (C=O) groups is 3. The summed E-state index contributed by atoms with van der Waals surface area (Å²) in [6.45, 7) is -0.0764. The predicted molar refractivity (Wildman–Crippen MR) is 68.9 cm³/mol. The summed E-state index contributed by atoms with van der Waals surface area (Å²) in [5, 5.41) is 0. The minimum atomic E-state index is -0.940. The van der Waals surface area contributed by atoms with Crippen LogP contribution in [-0.2, 0) is 9.53 Å². The fourth-order valence-electron chi connectivity index (χ4n) is 2.71. The van der Waals surface area contributed by atoms with Gasteiger partial charge in [0.05, 0.1) is 6.04 Å². The topological polar surface area (TPSA) is 66.9 Å². The third-order valence-corrected chi connectivity index (χ3v) is 3.78. The summed E-state index contributed by atoms with van der Waals surface area (Å²) in [6, 6.07) is 2.66. The Morgan fingerprint density at radius 2 is 1.91 bits per heavy atom. The van der Waals surface area contributed by atoms with E-state index in [0.29, 0.717) is 6.42 Å². The number of benzene rings is 1. The van der Waals surface area contributed by atoms with E-state index in [1.807, 2.05) is 0 Å². The molecule has 6 nitrogen and oxygen atoms in total. The zero-order valence-electron chi connectivity index (χ0n) is 11.4. The van der Waals surface area contributed by atoms with E-state index in [9.17, 15) is 23.2 Å². The van der Waals surface area contributed by atoms with Gasteiger partial charge in [0.15, 0.2) is 6.61 Å². The van der Waals surface area contributed by atoms with E-state index in [0.717, 1.165) is 17.0 Å². The molecular formula is C14H12F2N2O4. The number of cyclic esters (lactones) is 1. The van der Waals surface area contributed by atoms with Crippen LogP contribution in [0.5, 0.6) is 0 Å². The molecule has 1 aromatic carbocycles. The van der Waals surface area contributed by atoms with Gasteiger partial charge in [0, 0.05) is 13.1 Å². The number of hydrogen-bond acceptors (Lipinski definition) is 4. The van der Waals surface area contributed by atoms with Gasteiger partial charge in [-0.05, 0) is 18.6 Å². The highest BCUT2D eigenvalue weighted by Gasteiger charge is 2.41. The molecule has 2 saturated heterocycles. The normalized spacial score (nSPS) is 21.5. The fraction of sp³-hybridized carbons (Fsp3) is 0.357. The van der Waals surface area contributed by atoms with Gasteiger partial charge in [-0.1, -0.05) is 6.07 Å². The van der Waals surface area contributed by atoms with E-state index in [4.69, 9.17) is 0 Å². The Morgan fingerprint density at radius 1 is 1.23 bits per heavy atom. The molecule has 0 aromatic heterocycles. The Balaban J connectivity index is 1.77. The predicted octanol–water partition coefficient (Wildman–Crippen LogP) is 1.16. The average Bonchev–Trinajstić information content (AvgIpc) is 3.05. The van der Waals surface area contributed by atoms with Crippen molar-refractivity contribution in [3.05, 3.63) is 35.4 Å². The Bertz CT molecular complexity index is 628. The number of ether oxygens (including phenoxy) is 1. The second-order valence-electron chi connectivity index (χ2n) is 5.11. The van der Waals surface area contributed by atoms with Gasteiger partial charge in [-0.25, -0.2) is 18.5 Å². The monoisotopic (exact) mass is 310 g/mol. The quantitative estimate of drug-likeness (QED) is 0.822. The van der Waals surface area contributed by atoms with Gasteiger partial charge in [-0.3, -0.25) is 9.59 Å². The molecular weight excluding hydrogens is 298 g/mol. The van der Waals surface area contributed by atoms with Crippen LogP contribution in [0.25, 0.3) is 0 Å². The molecule has 3 rings (SSSR count). The summed E-state index contributed by atoms with van der Waals surface area (Å²) in [4.78, 5) is 37.5. The molecule has 0 N–H and O–H groups in total. The molecule has 1 aromatic rings. The number of halogens is 2. The minimum Gasteiger partial charge on any atom is -0.439 e. The van der Waals surface area contributed by atoms with E-state index in [2.05, 4.69) is 4.74 Å². The van der Waals surface area contributed by atoms with Gasteiger partial charge in [0.2, 0.25) is 0 Å². The van der Waals surface area contributed by atoms with Crippen molar-refractivity contribution < 1.29 is 27.9 Å². The van der Waals surface area contributed by atoms with Crippen LogP contribution in [0, 0.1) is 11.6 Å². The van der Waals surface area contributed by atoms with Gasteiger partial charge in [-0.2, -0.15) is 0 Å². The van der Waals surface area contributed by atoms with E-state index in [1.54, 1.807) is 0 Å². The number of imide groups is 1. The summed E-state index contributed by atoms with van der Waals surface area (Å²) >= 11 is 0. The lowest BCUT2D eigenvalue weighted by Gasteiger charge is -2.20. The van der Waals surface area contributed by atoms with Crippen LogP contribution in [0.1, 0.15) is 16.8 Å². The van der Waals surface area contributed by atoms with Crippen LogP contribution < -0.4 is 0 Å². The molecule has 8 heteroatoms. The number of nitrogens with zero attached hydrogens (tertiary/aromatic N) is 2. The number of carbonyl (C=O) groups excluding carboxylic acids is 3. The van der Waals surface area contributed by atoms with Crippen LogP contribution in [-0.4, -0.2) is 53.4 Å². The van der Waals surface area contributed by atoms with Crippen LogP contribution in [0.2, 0.25) is 0 Å². The molecule has 2 aliphatic heterocycles. The highest BCUT2D eigenvalue weighted by atomic mass is 19.1. The lowest BCUT2D eigenvalue weighted by Crippen LogP contribution is -2.42. The molecule has 0 bridgehead atoms. The Hall–Kier alpha value is -2.51. The van der Waals surface area contributed by atoms with Gasteiger partial charge < -0.3 is 9.64 Å². The molecule has 22 heavy (non-hydrogen) atoms. The second kappa shape index (κ2) is 5.36. The summed E-state index contributed by atoms with van der Waals surface area (Å²) in [5.41, 5.74) is -0.626. The maximum Gasteiger partial charge on any atom is 0.417 e. The first-order valence-corrected chi connectivity index (χ1v) is 6.71. The first-order valence-electron chi connectivity index (χ1n) is 6.71. The third kappa shape index (κ3) is 2.30. The first kappa shape index (κ1) is 14.4. The molecule has 0 saturated carbocycles. The highest BCUT2D eigenvalue weighted by molar-refractivity contribution is 5.99. The van der Waals surface area contributed by atoms with E-state index >= 15 is 0 Å². The number of rotatable bonds is 2. The first-order chi connectivity index (χ1) is 10.5. The molecule has 0 aliphatic carbocycles. The van der Waals surface area contributed by atoms with Gasteiger partial charge in [0.25, 0.3) is 11.8 Å². The van der Waals surface area contributed by atoms with Crippen molar-refractivity contribution in [3.63, 3.8) is 0 Å². The Labute approximate surface area is 124 Å². The largest absolute Gasteiger partial charge is 0.439 e. The zero-order valence-corrected chi connectivity index (χ0v) is 11.4. The van der Waals surface area contributed by atoms with Gasteiger partial charge in [-0.15, -0.1) is 0 Å². The number of hydrogen-bond donors (Lipinski definition) is 0. The van der Waals surface area contributed by atoms with Crippen molar-refractivity contribution in [2.45, 2.75) is 12.5 Å². The Kier molecular flexibility index (Phi) is 3.51. The van der Waals surface area contributed by atoms with E-state index in [1.165, 1.54) is 11.0 Å². The van der Waals surface area contributed by atoms with Crippen molar-refractivity contribution in [3.8, 4) is 0 Å². The maximum atomic E-state index is 13.7. The average molecular weight is 310 g/mol. The fourth-order valence-corrected chi connectivity index (χ4v) is 2.71. The number of likely N-dealkylation sites (tertiary alicyclic amines) is 1. The van der Waals surface area contributed by atoms with Crippen molar-refractivity contribution in [2.75, 3.05) is 19.7 Å². The van der Waals surface area contributed by atoms with E-state index in [-0.39, 0.29) is 19.7 Å². The third-order valence-electron chi connectivity index (χ3n) is 3.78. The molecule has 1 atom stereocenters. The molecule has 0 radical (unpaired) electrons.